The summed E-state index contributed by atoms with van der Waals surface area (Å²) in [4.78, 5) is 11.3. The minimum Gasteiger partial charge on any atom is -0.457 e. The van der Waals surface area contributed by atoms with Gasteiger partial charge in [0, 0.05) is 5.02 Å². The Labute approximate surface area is 115 Å². The molecule has 2 aromatic rings. The largest absolute Gasteiger partial charge is 0.457 e. The second-order valence-corrected chi connectivity index (χ2v) is 4.35. The van der Waals surface area contributed by atoms with Crippen LogP contribution < -0.4 is 10.5 Å². The Bertz CT molecular complexity index is 596. The quantitative estimate of drug-likeness (QED) is 0.902. The summed E-state index contributed by atoms with van der Waals surface area (Å²) >= 11 is 5.81. The van der Waals surface area contributed by atoms with Crippen LogP contribution in [0.25, 0.3) is 0 Å². The van der Waals surface area contributed by atoms with Crippen molar-refractivity contribution in [2.45, 2.75) is 6.61 Å². The SMILES string of the molecule is NC(=O)c1cc(Cl)ccc1Oc1ccc(CO)cc1. The fourth-order valence-electron chi connectivity index (χ4n) is 1.57. The summed E-state index contributed by atoms with van der Waals surface area (Å²) in [5, 5.41) is 9.36. The highest BCUT2D eigenvalue weighted by Gasteiger charge is 2.11. The summed E-state index contributed by atoms with van der Waals surface area (Å²) in [5.74, 6) is 0.278. The average molecular weight is 278 g/mol. The molecule has 2 aromatic carbocycles. The number of aliphatic hydroxyl groups is 1. The zero-order valence-electron chi connectivity index (χ0n) is 9.97. The molecule has 0 aromatic heterocycles. The number of aliphatic hydroxyl groups excluding tert-OH is 1. The second-order valence-electron chi connectivity index (χ2n) is 3.91. The van der Waals surface area contributed by atoms with E-state index < -0.39 is 5.91 Å². The maximum Gasteiger partial charge on any atom is 0.252 e. The Balaban J connectivity index is 2.29. The van der Waals surface area contributed by atoms with Gasteiger partial charge in [0.05, 0.1) is 12.2 Å². The number of hydrogen-bond donors (Lipinski definition) is 2. The van der Waals surface area contributed by atoms with Crippen molar-refractivity contribution in [1.29, 1.82) is 0 Å². The lowest BCUT2D eigenvalue weighted by Crippen LogP contribution is -2.12. The normalized spacial score (nSPS) is 10.2. The number of halogens is 1. The van der Waals surface area contributed by atoms with Gasteiger partial charge in [0.25, 0.3) is 5.91 Å². The lowest BCUT2D eigenvalue weighted by molar-refractivity contribution is 0.0998. The van der Waals surface area contributed by atoms with Crippen LogP contribution in [0.4, 0.5) is 0 Å². The van der Waals surface area contributed by atoms with Crippen molar-refractivity contribution in [3.63, 3.8) is 0 Å². The van der Waals surface area contributed by atoms with Crippen LogP contribution in [0.2, 0.25) is 5.02 Å². The first kappa shape index (κ1) is 13.4. The standard InChI is InChI=1S/C14H12ClNO3/c15-10-3-6-13(12(7-10)14(16)18)19-11-4-1-9(8-17)2-5-11/h1-7,17H,8H2,(H2,16,18). The molecule has 0 spiro atoms. The number of ether oxygens (including phenoxy) is 1. The molecule has 0 fully saturated rings. The monoisotopic (exact) mass is 277 g/mol. The Morgan fingerprint density at radius 2 is 1.89 bits per heavy atom. The van der Waals surface area contributed by atoms with E-state index >= 15 is 0 Å². The molecule has 0 unspecified atom stereocenters. The number of nitrogens with two attached hydrogens (primary N) is 1. The van der Waals surface area contributed by atoms with Crippen LogP contribution in [0.3, 0.4) is 0 Å². The average Bonchev–Trinajstić information content (AvgIpc) is 2.41. The van der Waals surface area contributed by atoms with Crippen molar-refractivity contribution in [3.8, 4) is 11.5 Å². The van der Waals surface area contributed by atoms with Crippen LogP contribution in [0.5, 0.6) is 11.5 Å². The van der Waals surface area contributed by atoms with Gasteiger partial charge in [-0.1, -0.05) is 23.7 Å². The topological polar surface area (TPSA) is 72.6 Å². The Morgan fingerprint density at radius 3 is 2.47 bits per heavy atom. The van der Waals surface area contributed by atoms with Gasteiger partial charge in [-0.05, 0) is 35.9 Å². The third-order valence-electron chi connectivity index (χ3n) is 2.54. The van der Waals surface area contributed by atoms with Crippen molar-refractivity contribution >= 4 is 17.5 Å². The van der Waals surface area contributed by atoms with Gasteiger partial charge in [0.2, 0.25) is 0 Å². The summed E-state index contributed by atoms with van der Waals surface area (Å²) in [6.45, 7) is -0.0340. The zero-order valence-corrected chi connectivity index (χ0v) is 10.7. The van der Waals surface area contributed by atoms with E-state index in [0.717, 1.165) is 5.56 Å². The first-order chi connectivity index (χ1) is 9.10. The van der Waals surface area contributed by atoms with Gasteiger partial charge in [-0.25, -0.2) is 0 Å². The molecule has 0 atom stereocenters. The summed E-state index contributed by atoms with van der Waals surface area (Å²) < 4.78 is 5.58. The second kappa shape index (κ2) is 5.73. The van der Waals surface area contributed by atoms with E-state index in [4.69, 9.17) is 27.2 Å². The highest BCUT2D eigenvalue weighted by atomic mass is 35.5. The molecule has 3 N–H and O–H groups in total. The minimum absolute atomic E-state index is 0.0340. The number of carbonyl (C=O) groups is 1. The first-order valence-corrected chi connectivity index (χ1v) is 5.95. The maximum absolute atomic E-state index is 11.3. The molecule has 4 nitrogen and oxygen atoms in total. The van der Waals surface area contributed by atoms with Gasteiger partial charge in [-0.2, -0.15) is 0 Å². The maximum atomic E-state index is 11.3. The Morgan fingerprint density at radius 1 is 1.21 bits per heavy atom. The molecule has 1 amide bonds. The molecule has 0 heterocycles. The lowest BCUT2D eigenvalue weighted by Gasteiger charge is -2.09. The van der Waals surface area contributed by atoms with Gasteiger partial charge in [0.1, 0.15) is 11.5 Å². The lowest BCUT2D eigenvalue weighted by atomic mass is 10.2. The summed E-state index contributed by atoms with van der Waals surface area (Å²) in [7, 11) is 0. The molecular weight excluding hydrogens is 266 g/mol. The molecule has 0 saturated carbocycles. The third kappa shape index (κ3) is 3.24. The van der Waals surface area contributed by atoms with Crippen LogP contribution in [0.1, 0.15) is 15.9 Å². The summed E-state index contributed by atoms with van der Waals surface area (Å²) in [6, 6.07) is 11.5. The predicted molar refractivity (Wildman–Crippen MR) is 72.4 cm³/mol. The molecule has 0 aliphatic rings. The van der Waals surface area contributed by atoms with Crippen molar-refractivity contribution in [2.75, 3.05) is 0 Å². The minimum atomic E-state index is -0.607. The highest BCUT2D eigenvalue weighted by molar-refractivity contribution is 6.31. The molecule has 0 radical (unpaired) electrons. The van der Waals surface area contributed by atoms with Gasteiger partial charge in [-0.3, -0.25) is 4.79 Å². The summed E-state index contributed by atoms with van der Waals surface area (Å²) in [6.07, 6.45) is 0. The van der Waals surface area contributed by atoms with E-state index in [1.807, 2.05) is 0 Å². The molecule has 2 rings (SSSR count). The van der Waals surface area contributed by atoms with E-state index in [0.29, 0.717) is 16.5 Å². The van der Waals surface area contributed by atoms with E-state index in [2.05, 4.69) is 0 Å². The molecule has 0 aliphatic heterocycles. The highest BCUT2D eigenvalue weighted by Crippen LogP contribution is 2.27. The number of primary amides is 1. The molecular formula is C14H12ClNO3. The van der Waals surface area contributed by atoms with Crippen LogP contribution in [0.15, 0.2) is 42.5 Å². The van der Waals surface area contributed by atoms with Gasteiger partial charge in [0.15, 0.2) is 0 Å². The van der Waals surface area contributed by atoms with Crippen LogP contribution in [-0.4, -0.2) is 11.0 Å². The summed E-state index contributed by atoms with van der Waals surface area (Å²) in [5.41, 5.74) is 6.27. The predicted octanol–water partition coefficient (Wildman–Crippen LogP) is 2.72. The molecule has 98 valence electrons. The van der Waals surface area contributed by atoms with Crippen LogP contribution >= 0.6 is 11.6 Å². The van der Waals surface area contributed by atoms with Crippen molar-refractivity contribution in [2.24, 2.45) is 5.73 Å². The molecule has 0 bridgehead atoms. The smallest absolute Gasteiger partial charge is 0.252 e. The van der Waals surface area contributed by atoms with E-state index in [9.17, 15) is 4.79 Å². The Kier molecular flexibility index (Phi) is 4.04. The van der Waals surface area contributed by atoms with Gasteiger partial charge in [-0.15, -0.1) is 0 Å². The molecule has 0 aliphatic carbocycles. The Hall–Kier alpha value is -2.04. The number of carbonyl (C=O) groups excluding carboxylic acids is 1. The molecule has 5 heteroatoms. The van der Waals surface area contributed by atoms with Crippen molar-refractivity contribution in [3.05, 3.63) is 58.6 Å². The molecule has 0 saturated heterocycles. The third-order valence-corrected chi connectivity index (χ3v) is 2.78. The zero-order chi connectivity index (χ0) is 13.8. The van der Waals surface area contributed by atoms with E-state index in [1.165, 1.54) is 6.07 Å². The number of amides is 1. The van der Waals surface area contributed by atoms with Crippen LogP contribution in [-0.2, 0) is 6.61 Å². The van der Waals surface area contributed by atoms with E-state index in [1.54, 1.807) is 36.4 Å². The first-order valence-electron chi connectivity index (χ1n) is 5.57. The van der Waals surface area contributed by atoms with Crippen molar-refractivity contribution < 1.29 is 14.6 Å². The number of benzene rings is 2. The number of rotatable bonds is 4. The van der Waals surface area contributed by atoms with E-state index in [-0.39, 0.29) is 12.2 Å². The fraction of sp³-hybridized carbons (Fsp3) is 0.0714. The van der Waals surface area contributed by atoms with Crippen molar-refractivity contribution in [1.82, 2.24) is 0 Å². The van der Waals surface area contributed by atoms with Crippen LogP contribution in [0, 0.1) is 0 Å². The van der Waals surface area contributed by atoms with Gasteiger partial charge < -0.3 is 15.6 Å². The van der Waals surface area contributed by atoms with Gasteiger partial charge >= 0.3 is 0 Å². The number of hydrogen-bond acceptors (Lipinski definition) is 3. The fourth-order valence-corrected chi connectivity index (χ4v) is 1.75. The molecule has 19 heavy (non-hydrogen) atoms.